The maximum absolute atomic E-state index is 12.3. The number of aliphatic hydroxyl groups is 1. The number of amides is 1. The van der Waals surface area contributed by atoms with Crippen LogP contribution in [0.15, 0.2) is 17.8 Å². The van der Waals surface area contributed by atoms with Crippen molar-refractivity contribution in [2.75, 3.05) is 13.1 Å². The van der Waals surface area contributed by atoms with E-state index in [-0.39, 0.29) is 6.04 Å². The summed E-state index contributed by atoms with van der Waals surface area (Å²) < 4.78 is 5.51. The zero-order valence-electron chi connectivity index (χ0n) is 13.9. The van der Waals surface area contributed by atoms with E-state index in [1.807, 2.05) is 6.92 Å². The van der Waals surface area contributed by atoms with Crippen LogP contribution in [0.2, 0.25) is 0 Å². The smallest absolute Gasteiger partial charge is 0.410 e. The van der Waals surface area contributed by atoms with Crippen LogP contribution in [0.1, 0.15) is 39.5 Å². The van der Waals surface area contributed by atoms with Crippen LogP contribution in [0, 0.1) is 0 Å². The highest BCUT2D eigenvalue weighted by Crippen LogP contribution is 2.36. The summed E-state index contributed by atoms with van der Waals surface area (Å²) in [6, 6.07) is -0.801. The van der Waals surface area contributed by atoms with Crippen LogP contribution in [-0.4, -0.2) is 53.0 Å². The number of hydrogen-bond donors (Lipinski definition) is 2. The van der Waals surface area contributed by atoms with Crippen LogP contribution < -0.4 is 5.73 Å². The Morgan fingerprint density at radius 1 is 1.65 bits per heavy atom. The minimum absolute atomic E-state index is 0.373. The summed E-state index contributed by atoms with van der Waals surface area (Å²) in [5.74, 6) is 0. The second-order valence-electron chi connectivity index (χ2n) is 5.96. The number of azide groups is 1. The van der Waals surface area contributed by atoms with Gasteiger partial charge >= 0.3 is 6.09 Å². The van der Waals surface area contributed by atoms with Gasteiger partial charge in [-0.25, -0.2) is 4.79 Å². The topological polar surface area (TPSA) is 125 Å². The third kappa shape index (κ3) is 4.37. The molecule has 8 nitrogen and oxygen atoms in total. The summed E-state index contributed by atoms with van der Waals surface area (Å²) in [4.78, 5) is 16.6. The van der Waals surface area contributed by atoms with Crippen molar-refractivity contribution in [2.24, 2.45) is 10.8 Å². The van der Waals surface area contributed by atoms with Gasteiger partial charge in [0, 0.05) is 24.0 Å². The van der Waals surface area contributed by atoms with Crippen LogP contribution in [0.4, 0.5) is 4.79 Å². The van der Waals surface area contributed by atoms with Gasteiger partial charge in [0.25, 0.3) is 0 Å². The van der Waals surface area contributed by atoms with Crippen LogP contribution in [0.3, 0.4) is 0 Å². The molecule has 1 rings (SSSR count). The van der Waals surface area contributed by atoms with Gasteiger partial charge in [-0.2, -0.15) is 0 Å². The van der Waals surface area contributed by atoms with Crippen LogP contribution >= 0.6 is 0 Å². The molecule has 0 bridgehead atoms. The number of aliphatic hydroxyl groups excluding tert-OH is 1. The lowest BCUT2D eigenvalue weighted by atomic mass is 9.83. The molecule has 1 fully saturated rings. The first-order chi connectivity index (χ1) is 10.9. The molecule has 3 N–H and O–H groups in total. The summed E-state index contributed by atoms with van der Waals surface area (Å²) >= 11 is 0. The molecule has 130 valence electrons. The highest BCUT2D eigenvalue weighted by molar-refractivity contribution is 5.72. The van der Waals surface area contributed by atoms with Gasteiger partial charge in [0.05, 0.1) is 12.1 Å². The lowest BCUT2D eigenvalue weighted by molar-refractivity contribution is -0.0653. The molecule has 1 amide bonds. The molecule has 0 unspecified atom stereocenters. The summed E-state index contributed by atoms with van der Waals surface area (Å²) in [5, 5.41) is 13.8. The van der Waals surface area contributed by atoms with Crippen molar-refractivity contribution >= 4 is 6.09 Å². The fourth-order valence-electron chi connectivity index (χ4n) is 3.12. The van der Waals surface area contributed by atoms with Crippen molar-refractivity contribution < 1.29 is 14.6 Å². The number of rotatable bonds is 10. The van der Waals surface area contributed by atoms with E-state index in [0.29, 0.717) is 38.8 Å². The molecule has 1 saturated heterocycles. The van der Waals surface area contributed by atoms with Gasteiger partial charge in [0.15, 0.2) is 5.60 Å². The van der Waals surface area contributed by atoms with Gasteiger partial charge in [-0.1, -0.05) is 18.1 Å². The molecule has 1 aliphatic heterocycles. The van der Waals surface area contributed by atoms with Gasteiger partial charge in [0.2, 0.25) is 0 Å². The number of ether oxygens (including phenoxy) is 1. The van der Waals surface area contributed by atoms with E-state index in [1.165, 1.54) is 0 Å². The summed E-state index contributed by atoms with van der Waals surface area (Å²) in [6.45, 7) is 8.09. The van der Waals surface area contributed by atoms with Gasteiger partial charge in [-0.05, 0) is 38.1 Å². The molecule has 0 aromatic heterocycles. The Kier molecular flexibility index (Phi) is 7.35. The lowest BCUT2D eigenvalue weighted by Gasteiger charge is -2.38. The van der Waals surface area contributed by atoms with Gasteiger partial charge < -0.3 is 15.6 Å². The van der Waals surface area contributed by atoms with Crippen LogP contribution in [0.5, 0.6) is 0 Å². The minimum atomic E-state index is -1.04. The molecule has 0 saturated carbocycles. The Balaban J connectivity index is 2.90. The van der Waals surface area contributed by atoms with E-state index in [1.54, 1.807) is 17.9 Å². The maximum Gasteiger partial charge on any atom is 0.410 e. The predicted octanol–water partition coefficient (Wildman–Crippen LogP) is 2.33. The Labute approximate surface area is 136 Å². The monoisotopic (exact) mass is 325 g/mol. The second-order valence-corrected chi connectivity index (χ2v) is 5.96. The number of unbranched alkanes of at least 4 members (excludes halogenated alkanes) is 1. The number of nitrogens with zero attached hydrogens (tertiary/aromatic N) is 4. The molecule has 1 aliphatic rings. The summed E-state index contributed by atoms with van der Waals surface area (Å²) in [6.07, 6.45) is 2.77. The van der Waals surface area contributed by atoms with E-state index in [9.17, 15) is 9.90 Å². The van der Waals surface area contributed by atoms with Gasteiger partial charge in [0.1, 0.15) is 0 Å². The average molecular weight is 325 g/mol. The molecular weight excluding hydrogens is 298 g/mol. The summed E-state index contributed by atoms with van der Waals surface area (Å²) in [7, 11) is 0. The van der Waals surface area contributed by atoms with Gasteiger partial charge in [-0.3, -0.25) is 4.90 Å². The molecule has 0 aromatic rings. The summed E-state index contributed by atoms with van der Waals surface area (Å²) in [5.41, 5.74) is 13.5. The number of nitrogens with two attached hydrogens (primary N) is 1. The van der Waals surface area contributed by atoms with E-state index < -0.39 is 23.8 Å². The first-order valence-electron chi connectivity index (χ1n) is 7.97. The Morgan fingerprint density at radius 2 is 2.35 bits per heavy atom. The van der Waals surface area contributed by atoms with Crippen molar-refractivity contribution in [3.63, 3.8) is 0 Å². The zero-order chi connectivity index (χ0) is 17.5. The molecule has 0 aromatic carbocycles. The van der Waals surface area contributed by atoms with Crippen molar-refractivity contribution in [1.29, 1.82) is 0 Å². The van der Waals surface area contributed by atoms with Crippen molar-refractivity contribution in [3.05, 3.63) is 23.1 Å². The third-order valence-electron chi connectivity index (χ3n) is 4.33. The largest absolute Gasteiger partial charge is 0.438 e. The highest BCUT2D eigenvalue weighted by atomic mass is 16.6. The molecule has 4 atom stereocenters. The number of carbonyl (C=O) groups is 1. The fourth-order valence-corrected chi connectivity index (χ4v) is 3.12. The van der Waals surface area contributed by atoms with Crippen molar-refractivity contribution in [1.82, 2.24) is 4.90 Å². The van der Waals surface area contributed by atoms with Gasteiger partial charge in [-0.15, -0.1) is 6.58 Å². The Hall–Kier alpha value is -1.76. The number of hydrogen-bond acceptors (Lipinski definition) is 5. The fraction of sp³-hybridized carbons (Fsp3) is 0.800. The lowest BCUT2D eigenvalue weighted by Crippen LogP contribution is -2.59. The second kappa shape index (κ2) is 8.76. The molecular formula is C15H27N5O3. The number of carbonyl (C=O) groups excluding carboxylic acids is 1. The zero-order valence-corrected chi connectivity index (χ0v) is 13.9. The molecule has 8 heteroatoms. The maximum atomic E-state index is 12.3. The Morgan fingerprint density at radius 3 is 2.91 bits per heavy atom. The Bertz CT molecular complexity index is 466. The quantitative estimate of drug-likeness (QED) is 0.210. The van der Waals surface area contributed by atoms with Crippen molar-refractivity contribution in [3.8, 4) is 0 Å². The first-order valence-corrected chi connectivity index (χ1v) is 7.97. The average Bonchev–Trinajstić information content (AvgIpc) is 2.78. The highest BCUT2D eigenvalue weighted by Gasteiger charge is 2.56. The molecule has 0 aliphatic carbocycles. The third-order valence-corrected chi connectivity index (χ3v) is 4.33. The minimum Gasteiger partial charge on any atom is -0.438 e. The standard InChI is InChI=1S/C15H27N5O3/c1-4-8-11(16)13-15(3,12(21)5-2)23-14(22)20(13)10-7-6-9-18-19-17/h4,11-13,21H,1,5-10,16H2,2-3H3/t11-,12-,13-,15-/m1/s1. The predicted molar refractivity (Wildman–Crippen MR) is 87.7 cm³/mol. The number of cyclic esters (lactones) is 1. The van der Waals surface area contributed by atoms with E-state index in [4.69, 9.17) is 16.0 Å². The molecule has 0 radical (unpaired) electrons. The molecule has 23 heavy (non-hydrogen) atoms. The van der Waals surface area contributed by atoms with E-state index >= 15 is 0 Å². The molecule has 1 heterocycles. The van der Waals surface area contributed by atoms with E-state index in [2.05, 4.69) is 16.6 Å². The van der Waals surface area contributed by atoms with Crippen LogP contribution in [-0.2, 0) is 4.74 Å². The molecule has 0 spiro atoms. The SMILES string of the molecule is C=CC[C@@H](N)[C@H]1N(CCCCN=[N+]=[N-])C(=O)O[C@]1(C)[C@H](O)CC. The first kappa shape index (κ1) is 19.3. The van der Waals surface area contributed by atoms with E-state index in [0.717, 1.165) is 0 Å². The van der Waals surface area contributed by atoms with Crippen molar-refractivity contribution in [2.45, 2.75) is 63.3 Å². The normalized spacial score (nSPS) is 26.3. The van der Waals surface area contributed by atoms with Crippen LogP contribution in [0.25, 0.3) is 10.4 Å².